The summed E-state index contributed by atoms with van der Waals surface area (Å²) in [5.41, 5.74) is 1.27. The Morgan fingerprint density at radius 3 is 2.76 bits per heavy atom. The van der Waals surface area contributed by atoms with Gasteiger partial charge in [0.05, 0.1) is 11.4 Å². The van der Waals surface area contributed by atoms with E-state index in [1.54, 1.807) is 6.07 Å². The van der Waals surface area contributed by atoms with Gasteiger partial charge >= 0.3 is 0 Å². The summed E-state index contributed by atoms with van der Waals surface area (Å²) in [5, 5.41) is 0. The number of aromatic nitrogens is 2. The number of halogens is 2. The lowest BCUT2D eigenvalue weighted by Crippen LogP contribution is -2.34. The molecule has 3 rings (SSSR count). The van der Waals surface area contributed by atoms with Crippen LogP contribution in [0.2, 0.25) is 0 Å². The second kappa shape index (κ2) is 6.32. The van der Waals surface area contributed by atoms with Gasteiger partial charge in [-0.25, -0.2) is 9.37 Å². The van der Waals surface area contributed by atoms with Gasteiger partial charge in [0.1, 0.15) is 11.3 Å². The Morgan fingerprint density at radius 1 is 1.29 bits per heavy atom. The summed E-state index contributed by atoms with van der Waals surface area (Å²) < 4.78 is 16.0. The lowest BCUT2D eigenvalue weighted by molar-refractivity contribution is 0.202. The van der Waals surface area contributed by atoms with Crippen LogP contribution < -0.4 is 0 Å². The van der Waals surface area contributed by atoms with Crippen LogP contribution in [0.15, 0.2) is 18.2 Å². The molecule has 3 nitrogen and oxygen atoms in total. The Labute approximate surface area is 129 Å². The summed E-state index contributed by atoms with van der Waals surface area (Å²) in [4.78, 5) is 6.87. The van der Waals surface area contributed by atoms with Crippen LogP contribution in [0.5, 0.6) is 0 Å². The molecule has 1 unspecified atom stereocenters. The fourth-order valence-electron chi connectivity index (χ4n) is 3.31. The Bertz CT molecular complexity index is 619. The van der Waals surface area contributed by atoms with Crippen molar-refractivity contribution in [1.29, 1.82) is 0 Å². The molecule has 1 fully saturated rings. The normalized spacial score (nSPS) is 18.2. The molecule has 1 aliphatic rings. The zero-order valence-electron chi connectivity index (χ0n) is 12.4. The van der Waals surface area contributed by atoms with Crippen LogP contribution in [-0.4, -0.2) is 34.1 Å². The molecule has 1 atom stereocenters. The summed E-state index contributed by atoms with van der Waals surface area (Å²) >= 11 is 6.02. The first-order valence-electron chi connectivity index (χ1n) is 7.64. The summed E-state index contributed by atoms with van der Waals surface area (Å²) in [6, 6.07) is 5.35. The molecule has 2 heterocycles. The SMILES string of the molecule is CC(CN1CCCCC1)n1c(CCl)nc2c(F)cccc21. The van der Waals surface area contributed by atoms with Crippen molar-refractivity contribution in [3.8, 4) is 0 Å². The number of benzene rings is 1. The highest BCUT2D eigenvalue weighted by molar-refractivity contribution is 6.16. The van der Waals surface area contributed by atoms with E-state index in [4.69, 9.17) is 11.6 Å². The average molecular weight is 310 g/mol. The molecule has 0 N–H and O–H groups in total. The number of rotatable bonds is 4. The fraction of sp³-hybridized carbons (Fsp3) is 0.562. The van der Waals surface area contributed by atoms with Crippen molar-refractivity contribution in [1.82, 2.24) is 14.5 Å². The van der Waals surface area contributed by atoms with Gasteiger partial charge in [0, 0.05) is 12.6 Å². The van der Waals surface area contributed by atoms with E-state index in [0.717, 1.165) is 31.0 Å². The van der Waals surface area contributed by atoms with Crippen molar-refractivity contribution < 1.29 is 4.39 Å². The van der Waals surface area contributed by atoms with Gasteiger partial charge in [-0.15, -0.1) is 11.6 Å². The second-order valence-electron chi connectivity index (χ2n) is 5.85. The third-order valence-electron chi connectivity index (χ3n) is 4.28. The second-order valence-corrected chi connectivity index (χ2v) is 6.12. The summed E-state index contributed by atoms with van der Waals surface area (Å²) in [6.45, 7) is 5.44. The third-order valence-corrected chi connectivity index (χ3v) is 4.51. The van der Waals surface area contributed by atoms with E-state index in [0.29, 0.717) is 11.4 Å². The maximum atomic E-state index is 13.9. The number of fused-ring (bicyclic) bond motifs is 1. The van der Waals surface area contributed by atoms with Crippen LogP contribution >= 0.6 is 11.6 Å². The number of piperidine rings is 1. The van der Waals surface area contributed by atoms with Gasteiger partial charge in [-0.2, -0.15) is 0 Å². The van der Waals surface area contributed by atoms with Gasteiger partial charge in [-0.3, -0.25) is 0 Å². The highest BCUT2D eigenvalue weighted by Gasteiger charge is 2.20. The number of hydrogen-bond donors (Lipinski definition) is 0. The lowest BCUT2D eigenvalue weighted by atomic mass is 10.1. The van der Waals surface area contributed by atoms with E-state index in [2.05, 4.69) is 21.4 Å². The molecule has 0 saturated carbocycles. The van der Waals surface area contributed by atoms with Crippen molar-refractivity contribution in [2.75, 3.05) is 19.6 Å². The van der Waals surface area contributed by atoms with Gasteiger partial charge in [-0.05, 0) is 45.0 Å². The zero-order valence-corrected chi connectivity index (χ0v) is 13.1. The molecule has 1 aromatic heterocycles. The minimum absolute atomic E-state index is 0.239. The Balaban J connectivity index is 1.92. The molecule has 0 aliphatic carbocycles. The molecule has 21 heavy (non-hydrogen) atoms. The van der Waals surface area contributed by atoms with Crippen molar-refractivity contribution >= 4 is 22.6 Å². The molecule has 1 aromatic carbocycles. The standard InChI is InChI=1S/C16H21ClFN3/c1-12(11-20-8-3-2-4-9-20)21-14-7-5-6-13(18)16(14)19-15(21)10-17/h5-7,12H,2-4,8-11H2,1H3. The van der Waals surface area contributed by atoms with Crippen molar-refractivity contribution in [3.63, 3.8) is 0 Å². The van der Waals surface area contributed by atoms with Crippen LogP contribution in [0.25, 0.3) is 11.0 Å². The Morgan fingerprint density at radius 2 is 2.05 bits per heavy atom. The summed E-state index contributed by atoms with van der Waals surface area (Å²) in [7, 11) is 0. The van der Waals surface area contributed by atoms with Gasteiger partial charge in [0.2, 0.25) is 0 Å². The number of likely N-dealkylation sites (tertiary alicyclic amines) is 1. The highest BCUT2D eigenvalue weighted by Crippen LogP contribution is 2.25. The quantitative estimate of drug-likeness (QED) is 0.797. The van der Waals surface area contributed by atoms with Gasteiger partial charge in [0.15, 0.2) is 5.82 Å². The molecule has 1 saturated heterocycles. The maximum Gasteiger partial charge on any atom is 0.151 e. The van der Waals surface area contributed by atoms with E-state index in [1.165, 1.54) is 25.3 Å². The first kappa shape index (κ1) is 14.8. The smallest absolute Gasteiger partial charge is 0.151 e. The molecule has 0 radical (unpaired) electrons. The molecule has 114 valence electrons. The number of nitrogens with zero attached hydrogens (tertiary/aromatic N) is 3. The fourth-order valence-corrected chi connectivity index (χ4v) is 3.50. The van der Waals surface area contributed by atoms with Crippen molar-refractivity contribution in [2.24, 2.45) is 0 Å². The van der Waals surface area contributed by atoms with Crippen molar-refractivity contribution in [2.45, 2.75) is 38.1 Å². The van der Waals surface area contributed by atoms with E-state index in [9.17, 15) is 4.39 Å². The lowest BCUT2D eigenvalue weighted by Gasteiger charge is -2.30. The molecule has 0 bridgehead atoms. The maximum absolute atomic E-state index is 13.9. The van der Waals surface area contributed by atoms with Crippen molar-refractivity contribution in [3.05, 3.63) is 29.8 Å². The predicted molar refractivity (Wildman–Crippen MR) is 84.3 cm³/mol. The first-order valence-corrected chi connectivity index (χ1v) is 8.18. The van der Waals surface area contributed by atoms with Gasteiger partial charge < -0.3 is 9.47 Å². The zero-order chi connectivity index (χ0) is 14.8. The topological polar surface area (TPSA) is 21.1 Å². The Kier molecular flexibility index (Phi) is 4.45. The van der Waals surface area contributed by atoms with Crippen LogP contribution in [0.3, 0.4) is 0 Å². The molecular weight excluding hydrogens is 289 g/mol. The molecule has 0 spiro atoms. The third kappa shape index (κ3) is 2.92. The van der Waals surface area contributed by atoms with Crippen LogP contribution in [-0.2, 0) is 5.88 Å². The van der Waals surface area contributed by atoms with Gasteiger partial charge in [0.25, 0.3) is 0 Å². The molecule has 1 aliphatic heterocycles. The predicted octanol–water partition coefficient (Wildman–Crippen LogP) is 3.96. The number of imidazole rings is 1. The molecular formula is C16H21ClFN3. The molecule has 2 aromatic rings. The van der Waals surface area contributed by atoms with Crippen LogP contribution in [0.1, 0.15) is 38.1 Å². The van der Waals surface area contributed by atoms with E-state index >= 15 is 0 Å². The number of hydrogen-bond acceptors (Lipinski definition) is 2. The van der Waals surface area contributed by atoms with E-state index in [1.807, 2.05) is 6.07 Å². The minimum atomic E-state index is -0.275. The largest absolute Gasteiger partial charge is 0.323 e. The summed E-state index contributed by atoms with van der Waals surface area (Å²) in [6.07, 6.45) is 3.87. The first-order chi connectivity index (χ1) is 10.2. The van der Waals surface area contributed by atoms with E-state index in [-0.39, 0.29) is 11.9 Å². The monoisotopic (exact) mass is 309 g/mol. The van der Waals surface area contributed by atoms with E-state index < -0.39 is 0 Å². The highest BCUT2D eigenvalue weighted by atomic mass is 35.5. The van der Waals surface area contributed by atoms with Gasteiger partial charge in [-0.1, -0.05) is 12.5 Å². The summed E-state index contributed by atoms with van der Waals surface area (Å²) in [5.74, 6) is 0.780. The van der Waals surface area contributed by atoms with Crippen LogP contribution in [0.4, 0.5) is 4.39 Å². The molecule has 0 amide bonds. The number of para-hydroxylation sites is 1. The van der Waals surface area contributed by atoms with Crippen LogP contribution in [0, 0.1) is 5.82 Å². The Hall–Kier alpha value is -1.13. The average Bonchev–Trinajstić information content (AvgIpc) is 2.88. The minimum Gasteiger partial charge on any atom is -0.323 e. The molecule has 5 heteroatoms. The number of alkyl halides is 1.